The zero-order valence-electron chi connectivity index (χ0n) is 7.61. The number of hydrogen-bond donors (Lipinski definition) is 4. The van der Waals surface area contributed by atoms with Gasteiger partial charge in [0.05, 0.1) is 10.5 Å². The van der Waals surface area contributed by atoms with Gasteiger partial charge in [-0.15, -0.1) is 0 Å². The average Bonchev–Trinajstić information content (AvgIpc) is 2.16. The molecule has 7 nitrogen and oxygen atoms in total. The molecular weight excluding hydrogens is 258 g/mol. The number of carbonyl (C=O) groups excluding carboxylic acids is 1. The molecule has 1 aromatic rings. The molecule has 0 heterocycles. The molecule has 9 heteroatoms. The molecule has 0 bridgehead atoms. The van der Waals surface area contributed by atoms with Gasteiger partial charge in [-0.25, -0.2) is 8.42 Å². The van der Waals surface area contributed by atoms with E-state index >= 15 is 0 Å². The summed E-state index contributed by atoms with van der Waals surface area (Å²) < 4.78 is 39.1. The van der Waals surface area contributed by atoms with E-state index < -0.39 is 44.3 Å². The fraction of sp³-hybridized carbons (Fsp3) is 0. The molecule has 0 fully saturated rings. The minimum atomic E-state index is -2.60. The van der Waals surface area contributed by atoms with E-state index in [1.165, 1.54) is 0 Å². The van der Waals surface area contributed by atoms with Crippen LogP contribution in [0, 0.1) is 0 Å². The normalized spacial score (nSPS) is 14.4. The van der Waals surface area contributed by atoms with Crippen molar-refractivity contribution in [1.82, 2.24) is 0 Å². The molecule has 1 amide bonds. The number of benzene rings is 1. The highest BCUT2D eigenvalue weighted by Gasteiger charge is 2.19. The van der Waals surface area contributed by atoms with Crippen LogP contribution < -0.4 is 5.73 Å². The minimum Gasteiger partial charge on any atom is -0.506 e. The van der Waals surface area contributed by atoms with Crippen LogP contribution in [0.2, 0.25) is 0 Å². The predicted molar refractivity (Wildman–Crippen MR) is 54.7 cm³/mol. The zero-order chi connectivity index (χ0) is 12.5. The highest BCUT2D eigenvalue weighted by Crippen LogP contribution is 2.27. The van der Waals surface area contributed by atoms with Crippen LogP contribution in [0.1, 0.15) is 10.4 Å². The van der Waals surface area contributed by atoms with Gasteiger partial charge in [-0.05, 0) is 12.1 Å². The van der Waals surface area contributed by atoms with E-state index in [0.29, 0.717) is 0 Å². The van der Waals surface area contributed by atoms with Crippen molar-refractivity contribution in [3.63, 3.8) is 0 Å². The van der Waals surface area contributed by atoms with Crippen molar-refractivity contribution >= 4 is 28.1 Å². The Bertz CT molecular complexity index is 465. The summed E-state index contributed by atoms with van der Waals surface area (Å²) in [5.41, 5.74) is 4.40. The maximum atomic E-state index is 10.9. The minimum absolute atomic E-state index is 0.302. The molecular formula is C7H7NO6S2. The Morgan fingerprint density at radius 3 is 2.12 bits per heavy atom. The number of rotatable bonds is 3. The summed E-state index contributed by atoms with van der Waals surface area (Å²) in [6.45, 7) is 0. The average molecular weight is 265 g/mol. The van der Waals surface area contributed by atoms with E-state index in [9.17, 15) is 18.3 Å². The van der Waals surface area contributed by atoms with Gasteiger partial charge in [0, 0.05) is 0 Å². The second-order valence-corrected chi connectivity index (χ2v) is 4.59. The Morgan fingerprint density at radius 2 is 1.75 bits per heavy atom. The van der Waals surface area contributed by atoms with Crippen molar-refractivity contribution in [3.8, 4) is 5.75 Å². The van der Waals surface area contributed by atoms with Crippen LogP contribution in [0.4, 0.5) is 0 Å². The van der Waals surface area contributed by atoms with E-state index in [4.69, 9.17) is 14.8 Å². The second-order valence-electron chi connectivity index (χ2n) is 2.68. The van der Waals surface area contributed by atoms with Gasteiger partial charge < -0.3 is 19.9 Å². The van der Waals surface area contributed by atoms with Gasteiger partial charge >= 0.3 is 0 Å². The lowest BCUT2D eigenvalue weighted by Crippen LogP contribution is -2.13. The molecule has 16 heavy (non-hydrogen) atoms. The number of aromatic hydroxyl groups is 1. The topological polar surface area (TPSA) is 138 Å². The lowest BCUT2D eigenvalue weighted by Gasteiger charge is -2.06. The Morgan fingerprint density at radius 1 is 1.19 bits per heavy atom. The summed E-state index contributed by atoms with van der Waals surface area (Å²) in [5, 5.41) is 9.40. The van der Waals surface area contributed by atoms with Crippen LogP contribution in [0.25, 0.3) is 0 Å². The van der Waals surface area contributed by atoms with Crippen LogP contribution in [-0.2, 0) is 22.2 Å². The standard InChI is InChI=1S/C7H7NO6S2/c8-7(10)4-1-3(15(11)12)2-5(6(4)9)16(13)14/h1-2,9H,(H2,8,10)(H,11,12)(H,13,14). The SMILES string of the molecule is NC(=O)c1cc(S(=O)O)cc(S(=O)O)c1O. The van der Waals surface area contributed by atoms with Gasteiger partial charge in [0.1, 0.15) is 10.6 Å². The molecule has 88 valence electrons. The maximum absolute atomic E-state index is 10.9. The summed E-state index contributed by atoms with van der Waals surface area (Å²) in [6.07, 6.45) is 0. The van der Waals surface area contributed by atoms with Gasteiger partial charge in [-0.1, -0.05) is 0 Å². The number of nitrogens with two attached hydrogens (primary N) is 1. The summed E-state index contributed by atoms with van der Waals surface area (Å²) in [4.78, 5) is 10.0. The Kier molecular flexibility index (Phi) is 3.75. The summed E-state index contributed by atoms with van der Waals surface area (Å²) in [7, 11) is 0. The van der Waals surface area contributed by atoms with Crippen LogP contribution in [0.5, 0.6) is 5.75 Å². The molecule has 0 radical (unpaired) electrons. The Balaban J connectivity index is 3.57. The highest BCUT2D eigenvalue weighted by atomic mass is 32.2. The lowest BCUT2D eigenvalue weighted by atomic mass is 10.2. The molecule has 5 N–H and O–H groups in total. The van der Waals surface area contributed by atoms with Crippen molar-refractivity contribution in [3.05, 3.63) is 17.7 Å². The molecule has 0 aromatic heterocycles. The van der Waals surface area contributed by atoms with E-state index in [1.807, 2.05) is 0 Å². The molecule has 0 spiro atoms. The second kappa shape index (κ2) is 4.70. The van der Waals surface area contributed by atoms with Crippen LogP contribution >= 0.6 is 0 Å². The van der Waals surface area contributed by atoms with Crippen molar-refractivity contribution in [2.24, 2.45) is 5.73 Å². The predicted octanol–water partition coefficient (Wildman–Crippen LogP) is -0.348. The molecule has 0 aliphatic heterocycles. The highest BCUT2D eigenvalue weighted by molar-refractivity contribution is 7.80. The van der Waals surface area contributed by atoms with E-state index in [0.717, 1.165) is 12.1 Å². The molecule has 0 saturated carbocycles. The summed E-state index contributed by atoms with van der Waals surface area (Å²) in [6, 6.07) is 1.72. The third kappa shape index (κ3) is 2.44. The maximum Gasteiger partial charge on any atom is 0.252 e. The fourth-order valence-corrected chi connectivity index (χ4v) is 2.02. The van der Waals surface area contributed by atoms with Crippen LogP contribution in [-0.4, -0.2) is 28.5 Å². The van der Waals surface area contributed by atoms with Crippen molar-refractivity contribution in [1.29, 1.82) is 0 Å². The largest absolute Gasteiger partial charge is 0.506 e. The smallest absolute Gasteiger partial charge is 0.252 e. The van der Waals surface area contributed by atoms with Crippen LogP contribution in [0.15, 0.2) is 21.9 Å². The monoisotopic (exact) mass is 265 g/mol. The summed E-state index contributed by atoms with van der Waals surface area (Å²) >= 11 is -5.05. The van der Waals surface area contributed by atoms with Gasteiger partial charge in [0.2, 0.25) is 0 Å². The summed E-state index contributed by atoms with van der Waals surface area (Å²) in [5.74, 6) is -1.85. The zero-order valence-corrected chi connectivity index (χ0v) is 9.25. The van der Waals surface area contributed by atoms with Gasteiger partial charge in [0.15, 0.2) is 22.2 Å². The van der Waals surface area contributed by atoms with Gasteiger partial charge in [0.25, 0.3) is 5.91 Å². The third-order valence-electron chi connectivity index (χ3n) is 1.70. The number of amides is 1. The van der Waals surface area contributed by atoms with Gasteiger partial charge in [-0.3, -0.25) is 4.79 Å². The molecule has 0 saturated heterocycles. The number of phenols is 1. The lowest BCUT2D eigenvalue weighted by molar-refractivity contribution is 0.0997. The van der Waals surface area contributed by atoms with E-state index in [1.54, 1.807) is 0 Å². The van der Waals surface area contributed by atoms with Crippen molar-refractivity contribution in [2.45, 2.75) is 9.79 Å². The first-order chi connectivity index (χ1) is 7.34. The molecule has 0 aliphatic carbocycles. The first-order valence-corrected chi connectivity index (χ1v) is 5.94. The number of carbonyl (C=O) groups is 1. The van der Waals surface area contributed by atoms with Crippen LogP contribution in [0.3, 0.4) is 0 Å². The van der Waals surface area contributed by atoms with Crippen molar-refractivity contribution < 1.29 is 27.4 Å². The molecule has 1 rings (SSSR count). The molecule has 0 aliphatic rings. The molecule has 2 unspecified atom stereocenters. The third-order valence-corrected chi connectivity index (χ3v) is 3.03. The Hall–Kier alpha value is -1.29. The molecule has 2 atom stereocenters. The fourth-order valence-electron chi connectivity index (χ4n) is 1.00. The van der Waals surface area contributed by atoms with Gasteiger partial charge in [-0.2, -0.15) is 0 Å². The number of hydrogen-bond acceptors (Lipinski definition) is 4. The molecule has 1 aromatic carbocycles. The quantitative estimate of drug-likeness (QED) is 0.551. The first-order valence-electron chi connectivity index (χ1n) is 3.73. The van der Waals surface area contributed by atoms with E-state index in [2.05, 4.69) is 0 Å². The Labute approximate surface area is 94.8 Å². The van der Waals surface area contributed by atoms with E-state index in [-0.39, 0.29) is 4.90 Å². The first kappa shape index (κ1) is 12.8. The van der Waals surface area contributed by atoms with Crippen molar-refractivity contribution in [2.75, 3.05) is 0 Å². The number of primary amides is 1.